The van der Waals surface area contributed by atoms with Gasteiger partial charge < -0.3 is 19.9 Å². The molecule has 1 saturated carbocycles. The smallest absolute Gasteiger partial charge is 0.336 e. The van der Waals surface area contributed by atoms with E-state index in [2.05, 4.69) is 47.3 Å². The van der Waals surface area contributed by atoms with E-state index in [1.165, 1.54) is 11.6 Å². The third-order valence-corrected chi connectivity index (χ3v) is 6.86. The molecule has 0 bridgehead atoms. The van der Waals surface area contributed by atoms with E-state index in [4.69, 9.17) is 4.74 Å². The highest BCUT2D eigenvalue weighted by Gasteiger charge is 2.47. The number of imidazole rings is 1. The molecule has 164 valence electrons. The molecule has 3 N–H and O–H groups in total. The van der Waals surface area contributed by atoms with Crippen LogP contribution in [0.15, 0.2) is 48.6 Å². The molecule has 5 rings (SSSR count). The molecule has 1 aromatic heterocycles. The van der Waals surface area contributed by atoms with Gasteiger partial charge in [-0.15, -0.1) is 0 Å². The second-order valence-electron chi connectivity index (χ2n) is 8.99. The number of hydrogen-bond donors (Lipinski definition) is 3. The lowest BCUT2D eigenvalue weighted by molar-refractivity contribution is 0.0695. The lowest BCUT2D eigenvalue weighted by atomic mass is 9.81. The van der Waals surface area contributed by atoms with E-state index in [-0.39, 0.29) is 17.6 Å². The Morgan fingerprint density at radius 3 is 2.69 bits per heavy atom. The van der Waals surface area contributed by atoms with Crippen LogP contribution in [0.1, 0.15) is 46.3 Å². The Hall–Kier alpha value is -3.38. The Balaban J connectivity index is 1.40. The summed E-state index contributed by atoms with van der Waals surface area (Å²) in [6, 6.07) is 9.40. The fourth-order valence-corrected chi connectivity index (χ4v) is 4.59. The predicted molar refractivity (Wildman–Crippen MR) is 123 cm³/mol. The van der Waals surface area contributed by atoms with E-state index < -0.39 is 5.97 Å². The van der Waals surface area contributed by atoms with E-state index >= 15 is 0 Å². The van der Waals surface area contributed by atoms with Gasteiger partial charge in [0.2, 0.25) is 0 Å². The third-order valence-electron chi connectivity index (χ3n) is 6.86. The van der Waals surface area contributed by atoms with Gasteiger partial charge in [-0.25, -0.2) is 4.79 Å². The Morgan fingerprint density at radius 1 is 1.22 bits per heavy atom. The highest BCUT2D eigenvalue weighted by molar-refractivity contribution is 5.90. The van der Waals surface area contributed by atoms with E-state index in [1.54, 1.807) is 19.1 Å². The Kier molecular flexibility index (Phi) is 4.90. The molecule has 2 aromatic carbocycles. The summed E-state index contributed by atoms with van der Waals surface area (Å²) in [6.07, 6.45) is 9.84. The van der Waals surface area contributed by atoms with E-state index in [9.17, 15) is 15.0 Å². The van der Waals surface area contributed by atoms with Crippen LogP contribution < -0.4 is 4.74 Å². The molecule has 1 heterocycles. The molecular weight excluding hydrogens is 404 g/mol. The Morgan fingerprint density at radius 2 is 2.03 bits per heavy atom. The van der Waals surface area contributed by atoms with Crippen LogP contribution in [0, 0.1) is 25.2 Å². The molecule has 0 amide bonds. The summed E-state index contributed by atoms with van der Waals surface area (Å²) in [4.78, 5) is 19.1. The molecule has 0 radical (unpaired) electrons. The number of H-pyrrole nitrogens is 1. The number of fused-ring (bicyclic) bond motifs is 1. The van der Waals surface area contributed by atoms with Crippen molar-refractivity contribution in [1.29, 1.82) is 0 Å². The lowest BCUT2D eigenvalue weighted by Gasteiger charge is -2.24. The van der Waals surface area contributed by atoms with Gasteiger partial charge in [0.1, 0.15) is 5.75 Å². The number of rotatable bonds is 6. The largest absolute Gasteiger partial charge is 0.478 e. The van der Waals surface area contributed by atoms with Crippen molar-refractivity contribution in [2.24, 2.45) is 11.3 Å². The number of hydrogen-bond acceptors (Lipinski definition) is 4. The van der Waals surface area contributed by atoms with Crippen LogP contribution >= 0.6 is 0 Å². The summed E-state index contributed by atoms with van der Waals surface area (Å²) in [7, 11) is 0. The summed E-state index contributed by atoms with van der Waals surface area (Å²) < 4.78 is 5.82. The van der Waals surface area contributed by atoms with Gasteiger partial charge >= 0.3 is 5.97 Å². The van der Waals surface area contributed by atoms with E-state index in [1.807, 2.05) is 0 Å². The number of ether oxygens (including phenoxy) is 1. The number of carboxylic acids is 1. The number of nitrogens with one attached hydrogen (secondary N) is 1. The molecule has 32 heavy (non-hydrogen) atoms. The van der Waals surface area contributed by atoms with Gasteiger partial charge in [-0.1, -0.05) is 24.3 Å². The highest BCUT2D eigenvalue weighted by Crippen LogP contribution is 2.54. The number of aliphatic hydroxyl groups excluding tert-OH is 1. The van der Waals surface area contributed by atoms with Crippen molar-refractivity contribution in [2.45, 2.75) is 33.1 Å². The van der Waals surface area contributed by atoms with Crippen LogP contribution in [-0.2, 0) is 0 Å². The number of nitrogens with zero attached hydrogens (tertiary/aromatic N) is 1. The number of aromatic nitrogens is 2. The monoisotopic (exact) mass is 430 g/mol. The van der Waals surface area contributed by atoms with Gasteiger partial charge in [0.25, 0.3) is 6.01 Å². The molecule has 0 aliphatic heterocycles. The van der Waals surface area contributed by atoms with Crippen molar-refractivity contribution < 1.29 is 19.7 Å². The van der Waals surface area contributed by atoms with Gasteiger partial charge in [-0.3, -0.25) is 0 Å². The first-order valence-electron chi connectivity index (χ1n) is 10.9. The minimum absolute atomic E-state index is 0.0996. The molecular formula is C26H26N2O4. The number of aromatic amines is 1. The van der Waals surface area contributed by atoms with E-state index in [0.29, 0.717) is 23.2 Å². The third kappa shape index (κ3) is 3.60. The molecule has 2 aliphatic carbocycles. The highest BCUT2D eigenvalue weighted by atomic mass is 16.5. The van der Waals surface area contributed by atoms with Crippen molar-refractivity contribution in [3.05, 3.63) is 70.8 Å². The first kappa shape index (κ1) is 20.5. The average Bonchev–Trinajstić information content (AvgIpc) is 3.49. The Labute approximate surface area is 186 Å². The van der Waals surface area contributed by atoms with Crippen molar-refractivity contribution in [2.75, 3.05) is 6.61 Å². The van der Waals surface area contributed by atoms with Crippen LogP contribution in [-0.4, -0.2) is 32.8 Å². The maximum Gasteiger partial charge on any atom is 0.336 e. The molecule has 6 nitrogen and oxygen atoms in total. The zero-order valence-electron chi connectivity index (χ0n) is 18.2. The number of aliphatic hydroxyl groups is 1. The molecule has 6 heteroatoms. The summed E-state index contributed by atoms with van der Waals surface area (Å²) in [5.41, 5.74) is 6.07. The van der Waals surface area contributed by atoms with E-state index in [0.717, 1.165) is 41.4 Å². The second-order valence-corrected chi connectivity index (χ2v) is 8.99. The summed E-state index contributed by atoms with van der Waals surface area (Å²) >= 11 is 0. The van der Waals surface area contributed by atoms with Crippen molar-refractivity contribution in [1.82, 2.24) is 9.97 Å². The van der Waals surface area contributed by atoms with Crippen molar-refractivity contribution >= 4 is 22.6 Å². The number of aromatic carboxylic acids is 1. The summed E-state index contributed by atoms with van der Waals surface area (Å²) in [6.45, 7) is 4.09. The van der Waals surface area contributed by atoms with Gasteiger partial charge in [0.15, 0.2) is 0 Å². The number of benzene rings is 2. The molecule has 1 unspecified atom stereocenters. The first-order chi connectivity index (χ1) is 15.4. The average molecular weight is 431 g/mol. The molecule has 0 saturated heterocycles. The van der Waals surface area contributed by atoms with Crippen LogP contribution in [0.3, 0.4) is 0 Å². The van der Waals surface area contributed by atoms with Crippen LogP contribution in [0.2, 0.25) is 0 Å². The molecule has 3 aromatic rings. The fraction of sp³-hybridized carbons (Fsp3) is 0.308. The van der Waals surface area contributed by atoms with Gasteiger partial charge in [-0.05, 0) is 85.6 Å². The predicted octanol–water partition coefficient (Wildman–Crippen LogP) is 5.40. The number of carbonyl (C=O) groups is 1. The normalized spacial score (nSPS) is 19.1. The SMILES string of the molecule is Cc1ccc(Oc2nc3cc(C4=CCC(C5(CO)CC5)C=C4)c(C)cc3[nH]2)cc1C(=O)O. The fourth-order valence-electron chi connectivity index (χ4n) is 4.59. The zero-order valence-corrected chi connectivity index (χ0v) is 18.2. The molecule has 0 spiro atoms. The Bertz CT molecular complexity index is 1280. The zero-order chi connectivity index (χ0) is 22.5. The number of aryl methyl sites for hydroxylation is 2. The topological polar surface area (TPSA) is 95.4 Å². The minimum Gasteiger partial charge on any atom is -0.478 e. The molecule has 2 aliphatic rings. The van der Waals surface area contributed by atoms with Crippen LogP contribution in [0.25, 0.3) is 16.6 Å². The maximum atomic E-state index is 11.4. The van der Waals surface area contributed by atoms with Gasteiger partial charge in [0.05, 0.1) is 16.6 Å². The maximum absolute atomic E-state index is 11.4. The lowest BCUT2D eigenvalue weighted by Crippen LogP contribution is -2.19. The van der Waals surface area contributed by atoms with Crippen LogP contribution in [0.4, 0.5) is 0 Å². The molecule has 1 atom stereocenters. The quantitative estimate of drug-likeness (QED) is 0.486. The first-order valence-corrected chi connectivity index (χ1v) is 10.9. The number of carboxylic acid groups (broad SMARTS) is 1. The second kappa shape index (κ2) is 7.64. The standard InChI is InChI=1S/C26H26N2O4/c1-15-3-8-19(12-21(15)24(30)31)32-25-27-22-11-16(2)20(13-23(22)28-25)17-4-6-18(7-5-17)26(14-29)9-10-26/h3-6,8,11-13,18,29H,7,9-10,14H2,1-2H3,(H,27,28)(H,30,31). The van der Waals surface area contributed by atoms with Gasteiger partial charge in [0, 0.05) is 12.0 Å². The summed E-state index contributed by atoms with van der Waals surface area (Å²) in [5.74, 6) is -0.151. The van der Waals surface area contributed by atoms with Gasteiger partial charge in [-0.2, -0.15) is 4.98 Å². The molecule has 1 fully saturated rings. The number of allylic oxidation sites excluding steroid dienone is 4. The van der Waals surface area contributed by atoms with Crippen LogP contribution in [0.5, 0.6) is 11.8 Å². The summed E-state index contributed by atoms with van der Waals surface area (Å²) in [5, 5.41) is 19.0. The minimum atomic E-state index is -0.986. The van der Waals surface area contributed by atoms with Crippen molar-refractivity contribution in [3.63, 3.8) is 0 Å². The van der Waals surface area contributed by atoms with Crippen molar-refractivity contribution in [3.8, 4) is 11.8 Å².